The van der Waals surface area contributed by atoms with E-state index in [2.05, 4.69) is 15.9 Å². The van der Waals surface area contributed by atoms with Crippen molar-refractivity contribution >= 4 is 25.8 Å². The summed E-state index contributed by atoms with van der Waals surface area (Å²) in [6.07, 6.45) is -0.750. The molecule has 21 heavy (non-hydrogen) atoms. The zero-order valence-corrected chi connectivity index (χ0v) is 13.2. The molecule has 3 N–H and O–H groups in total. The Morgan fingerprint density at radius 3 is 2.57 bits per heavy atom. The lowest BCUT2D eigenvalue weighted by molar-refractivity contribution is -0.0556. The van der Waals surface area contributed by atoms with Crippen molar-refractivity contribution in [1.29, 1.82) is 0 Å². The predicted molar refractivity (Wildman–Crippen MR) is 74.8 cm³/mol. The molecule has 0 amide bonds. The number of hydrogen-bond acceptors (Lipinski definition) is 7. The molecular weight excluding hydrogens is 372 g/mol. The number of aromatic nitrogens is 2. The Bertz CT molecular complexity index is 757. The number of aliphatic hydroxyl groups excluding tert-OH is 1. The van der Waals surface area contributed by atoms with Crippen LogP contribution in [0.4, 0.5) is 0 Å². The first-order valence-electron chi connectivity index (χ1n) is 5.76. The zero-order chi connectivity index (χ0) is 16.0. The third-order valence-corrected chi connectivity index (χ3v) is 6.45. The Kier molecular flexibility index (Phi) is 4.14. The number of halogens is 1. The molecule has 0 aromatic carbocycles. The summed E-state index contributed by atoms with van der Waals surface area (Å²) in [6.45, 7) is -0.764. The Morgan fingerprint density at radius 2 is 2.14 bits per heavy atom. The number of aromatic amines is 1. The van der Waals surface area contributed by atoms with E-state index in [9.17, 15) is 28.2 Å². The van der Waals surface area contributed by atoms with Gasteiger partial charge in [-0.2, -0.15) is 0 Å². The molecule has 1 aromatic rings. The summed E-state index contributed by atoms with van der Waals surface area (Å²) in [6, 6.07) is 1.05. The van der Waals surface area contributed by atoms with Gasteiger partial charge in [0.25, 0.3) is 5.56 Å². The third kappa shape index (κ3) is 2.48. The van der Waals surface area contributed by atoms with E-state index >= 15 is 0 Å². The molecule has 0 aliphatic carbocycles. The highest BCUT2D eigenvalue weighted by Gasteiger charge is 2.61. The molecular formula is C10H13BrN2O7S. The number of hydrogen-bond donors (Lipinski definition) is 3. The highest BCUT2D eigenvalue weighted by atomic mass is 79.9. The maximum Gasteiger partial charge on any atom is 0.330 e. The van der Waals surface area contributed by atoms with Crippen LogP contribution in [0.2, 0.25) is 0 Å². The van der Waals surface area contributed by atoms with Crippen LogP contribution in [0.15, 0.2) is 21.9 Å². The SMILES string of the molecule is CS(=O)(=O)[C@@]1(O)[C@@H](CO)O[C@@H](n2ccc(=O)[nH]c2=O)[C@@H]1Br. The molecule has 1 fully saturated rings. The van der Waals surface area contributed by atoms with Crippen LogP contribution < -0.4 is 11.2 Å². The van der Waals surface area contributed by atoms with E-state index in [4.69, 9.17) is 4.74 Å². The van der Waals surface area contributed by atoms with Gasteiger partial charge in [0.05, 0.1) is 6.61 Å². The minimum Gasteiger partial charge on any atom is -0.394 e. The topological polar surface area (TPSA) is 139 Å². The number of alkyl halides is 1. The van der Waals surface area contributed by atoms with E-state index in [1.807, 2.05) is 4.98 Å². The Morgan fingerprint density at radius 1 is 1.52 bits per heavy atom. The van der Waals surface area contributed by atoms with Gasteiger partial charge in [-0.05, 0) is 0 Å². The second-order valence-electron chi connectivity index (χ2n) is 4.64. The Balaban J connectivity index is 2.55. The monoisotopic (exact) mass is 384 g/mol. The molecule has 11 heteroatoms. The molecule has 2 rings (SSSR count). The van der Waals surface area contributed by atoms with Crippen LogP contribution in [-0.4, -0.2) is 56.9 Å². The van der Waals surface area contributed by atoms with Crippen LogP contribution in [0.3, 0.4) is 0 Å². The molecule has 0 saturated carbocycles. The van der Waals surface area contributed by atoms with Crippen molar-refractivity contribution in [3.8, 4) is 0 Å². The van der Waals surface area contributed by atoms with Gasteiger partial charge in [0.1, 0.15) is 10.9 Å². The third-order valence-electron chi connectivity index (χ3n) is 3.30. The average molecular weight is 385 g/mol. The first kappa shape index (κ1) is 16.4. The van der Waals surface area contributed by atoms with E-state index in [1.165, 1.54) is 0 Å². The molecule has 1 aliphatic heterocycles. The maximum absolute atomic E-state index is 11.8. The van der Waals surface area contributed by atoms with Crippen LogP contribution in [0, 0.1) is 0 Å². The molecule has 0 unspecified atom stereocenters. The zero-order valence-electron chi connectivity index (χ0n) is 10.8. The minimum atomic E-state index is -4.04. The molecule has 0 spiro atoms. The van der Waals surface area contributed by atoms with E-state index in [1.54, 1.807) is 0 Å². The van der Waals surface area contributed by atoms with Gasteiger partial charge in [0.2, 0.25) is 4.93 Å². The van der Waals surface area contributed by atoms with Gasteiger partial charge in [0, 0.05) is 18.5 Å². The van der Waals surface area contributed by atoms with Gasteiger partial charge in [-0.3, -0.25) is 14.3 Å². The fraction of sp³-hybridized carbons (Fsp3) is 0.600. The van der Waals surface area contributed by atoms with Crippen molar-refractivity contribution in [1.82, 2.24) is 9.55 Å². The highest BCUT2D eigenvalue weighted by molar-refractivity contribution is 9.09. The molecule has 9 nitrogen and oxygen atoms in total. The number of aliphatic hydroxyl groups is 2. The van der Waals surface area contributed by atoms with Crippen LogP contribution in [0.1, 0.15) is 6.23 Å². The molecule has 1 aromatic heterocycles. The fourth-order valence-electron chi connectivity index (χ4n) is 2.17. The summed E-state index contributed by atoms with van der Waals surface area (Å²) in [4.78, 5) is 21.1. The Hall–Kier alpha value is -1.01. The fourth-order valence-corrected chi connectivity index (χ4v) is 4.99. The minimum absolute atomic E-state index is 0.627. The second kappa shape index (κ2) is 5.32. The first-order chi connectivity index (χ1) is 9.62. The standard InChI is InChI=1S/C10H13BrN2O7S/c1-21(18,19)10(17)5(4-14)20-8(7(10)11)13-3-2-6(15)12-9(13)16/h2-3,5,7-8,14,17H,4H2,1H3,(H,12,15,16)/t5-,7+,8-,10+/m1/s1. The van der Waals surface area contributed by atoms with Gasteiger partial charge in [-0.1, -0.05) is 15.9 Å². The summed E-state index contributed by atoms with van der Waals surface area (Å²) >= 11 is 3.02. The van der Waals surface area contributed by atoms with Gasteiger partial charge in [0.15, 0.2) is 16.1 Å². The largest absolute Gasteiger partial charge is 0.394 e. The number of nitrogens with one attached hydrogen (secondary N) is 1. The quantitative estimate of drug-likeness (QED) is 0.508. The first-order valence-corrected chi connectivity index (χ1v) is 8.57. The van der Waals surface area contributed by atoms with Crippen molar-refractivity contribution in [2.75, 3.05) is 12.9 Å². The summed E-state index contributed by atoms with van der Waals surface area (Å²) in [5, 5.41) is 19.7. The summed E-state index contributed by atoms with van der Waals surface area (Å²) in [5.41, 5.74) is -1.45. The summed E-state index contributed by atoms with van der Waals surface area (Å²) in [5.74, 6) is 0. The van der Waals surface area contributed by atoms with Crippen LogP contribution in [0.25, 0.3) is 0 Å². The van der Waals surface area contributed by atoms with Crippen molar-refractivity contribution in [3.63, 3.8) is 0 Å². The molecule has 1 aliphatic rings. The predicted octanol–water partition coefficient (Wildman–Crippen LogP) is -2.08. The Labute approximate surface area is 127 Å². The smallest absolute Gasteiger partial charge is 0.330 e. The highest BCUT2D eigenvalue weighted by Crippen LogP contribution is 2.44. The number of ether oxygens (including phenoxy) is 1. The lowest BCUT2D eigenvalue weighted by Gasteiger charge is -2.27. The van der Waals surface area contributed by atoms with Crippen molar-refractivity contribution in [2.45, 2.75) is 22.1 Å². The summed E-state index contributed by atoms with van der Waals surface area (Å²) < 4.78 is 29.9. The van der Waals surface area contributed by atoms with E-state index in [0.29, 0.717) is 0 Å². The molecule has 4 atom stereocenters. The van der Waals surface area contributed by atoms with Crippen LogP contribution >= 0.6 is 15.9 Å². The van der Waals surface area contributed by atoms with Crippen molar-refractivity contribution in [3.05, 3.63) is 33.1 Å². The van der Waals surface area contributed by atoms with Gasteiger partial charge in [-0.25, -0.2) is 13.2 Å². The lowest BCUT2D eigenvalue weighted by Crippen LogP contribution is -2.53. The molecule has 2 heterocycles. The summed E-state index contributed by atoms with van der Waals surface area (Å²) in [7, 11) is -4.04. The lowest BCUT2D eigenvalue weighted by atomic mass is 10.2. The number of nitrogens with zero attached hydrogens (tertiary/aromatic N) is 1. The van der Waals surface area contributed by atoms with Gasteiger partial charge in [-0.15, -0.1) is 0 Å². The van der Waals surface area contributed by atoms with Crippen LogP contribution in [-0.2, 0) is 14.6 Å². The molecule has 1 saturated heterocycles. The second-order valence-corrected chi connectivity index (χ2v) is 7.83. The van der Waals surface area contributed by atoms with Crippen LogP contribution in [0.5, 0.6) is 0 Å². The number of sulfone groups is 1. The van der Waals surface area contributed by atoms with Crippen molar-refractivity contribution < 1.29 is 23.4 Å². The van der Waals surface area contributed by atoms with E-state index in [0.717, 1.165) is 23.1 Å². The molecule has 0 bridgehead atoms. The maximum atomic E-state index is 11.8. The number of rotatable bonds is 3. The van der Waals surface area contributed by atoms with E-state index < -0.39 is 49.8 Å². The van der Waals surface area contributed by atoms with Crippen molar-refractivity contribution in [2.24, 2.45) is 0 Å². The van der Waals surface area contributed by atoms with Gasteiger partial charge < -0.3 is 14.9 Å². The average Bonchev–Trinajstić information content (AvgIpc) is 2.63. The van der Waals surface area contributed by atoms with E-state index in [-0.39, 0.29) is 0 Å². The molecule has 0 radical (unpaired) electrons. The normalized spacial score (nSPS) is 33.2. The van der Waals surface area contributed by atoms with Gasteiger partial charge >= 0.3 is 5.69 Å². The molecule has 118 valence electrons. The number of H-pyrrole nitrogens is 1.